The van der Waals surface area contributed by atoms with Crippen LogP contribution in [0.1, 0.15) is 35.2 Å². The number of fused-ring (bicyclic) bond motifs is 1. The van der Waals surface area contributed by atoms with E-state index in [9.17, 15) is 9.59 Å². The normalized spacial score (nSPS) is 15.6. The number of pyridine rings is 1. The molecule has 2 fully saturated rings. The van der Waals surface area contributed by atoms with Crippen LogP contribution in [0, 0.1) is 0 Å². The van der Waals surface area contributed by atoms with E-state index in [1.54, 1.807) is 38.5 Å². The standard InChI is InChI=1S/C30H36N4O5/c1-37-25-9-6-22(7-10-25)30(36)34(14-4-13-32-12-3-5-28(32)35)21-24-19-23-8-11-26(38-2)20-27(23)31-29(24)33-15-17-39-18-16-33/h6-11,19-20H,3-5,12-18,21H2,1-2H3. The predicted molar refractivity (Wildman–Crippen MR) is 149 cm³/mol. The minimum atomic E-state index is -0.0619. The first kappa shape index (κ1) is 26.7. The van der Waals surface area contributed by atoms with Crippen LogP contribution < -0.4 is 14.4 Å². The summed E-state index contributed by atoms with van der Waals surface area (Å²) >= 11 is 0. The lowest BCUT2D eigenvalue weighted by Gasteiger charge is -2.31. The number of benzene rings is 2. The highest BCUT2D eigenvalue weighted by Gasteiger charge is 2.24. The van der Waals surface area contributed by atoms with Gasteiger partial charge in [0, 0.05) is 68.3 Å². The highest BCUT2D eigenvalue weighted by molar-refractivity contribution is 5.94. The van der Waals surface area contributed by atoms with E-state index < -0.39 is 0 Å². The Balaban J connectivity index is 1.46. The monoisotopic (exact) mass is 532 g/mol. The molecular weight excluding hydrogens is 496 g/mol. The van der Waals surface area contributed by atoms with Gasteiger partial charge in [-0.2, -0.15) is 0 Å². The molecule has 0 aliphatic carbocycles. The van der Waals surface area contributed by atoms with E-state index in [-0.39, 0.29) is 11.8 Å². The molecular formula is C30H36N4O5. The van der Waals surface area contributed by atoms with Crippen LogP contribution in [0.4, 0.5) is 5.82 Å². The fourth-order valence-electron chi connectivity index (χ4n) is 5.24. The molecule has 39 heavy (non-hydrogen) atoms. The number of aromatic nitrogens is 1. The fraction of sp³-hybridized carbons (Fsp3) is 0.433. The first-order valence-electron chi connectivity index (χ1n) is 13.6. The third-order valence-electron chi connectivity index (χ3n) is 7.40. The van der Waals surface area contributed by atoms with Gasteiger partial charge in [0.2, 0.25) is 5.91 Å². The number of likely N-dealkylation sites (tertiary alicyclic amines) is 1. The number of carbonyl (C=O) groups excluding carboxylic acids is 2. The molecule has 2 amide bonds. The second kappa shape index (κ2) is 12.3. The molecule has 0 atom stereocenters. The highest BCUT2D eigenvalue weighted by Crippen LogP contribution is 2.29. The Morgan fingerprint density at radius 2 is 1.74 bits per heavy atom. The topological polar surface area (TPSA) is 84.4 Å². The van der Waals surface area contributed by atoms with Crippen LogP contribution >= 0.6 is 0 Å². The zero-order chi connectivity index (χ0) is 27.2. The Hall–Kier alpha value is -3.85. The maximum absolute atomic E-state index is 13.8. The van der Waals surface area contributed by atoms with Crippen LogP contribution in [0.15, 0.2) is 48.5 Å². The summed E-state index contributed by atoms with van der Waals surface area (Å²) in [5, 5.41) is 0.988. The number of morpholine rings is 1. The van der Waals surface area contributed by atoms with Crippen LogP contribution in [0.5, 0.6) is 11.5 Å². The largest absolute Gasteiger partial charge is 0.497 e. The Morgan fingerprint density at radius 3 is 2.44 bits per heavy atom. The number of amides is 2. The molecule has 0 unspecified atom stereocenters. The van der Waals surface area contributed by atoms with Crippen molar-refractivity contribution in [2.75, 3.05) is 65.1 Å². The second-order valence-electron chi connectivity index (χ2n) is 9.92. The van der Waals surface area contributed by atoms with Gasteiger partial charge in [0.25, 0.3) is 5.91 Å². The number of hydrogen-bond donors (Lipinski definition) is 0. The molecule has 0 radical (unpaired) electrons. The average Bonchev–Trinajstić information content (AvgIpc) is 3.40. The van der Waals surface area contributed by atoms with Crippen molar-refractivity contribution in [2.24, 2.45) is 0 Å². The Morgan fingerprint density at radius 1 is 1.00 bits per heavy atom. The van der Waals surface area contributed by atoms with Gasteiger partial charge in [-0.1, -0.05) is 0 Å². The fourth-order valence-corrected chi connectivity index (χ4v) is 5.24. The maximum atomic E-state index is 13.8. The molecule has 0 saturated carbocycles. The van der Waals surface area contributed by atoms with Gasteiger partial charge in [-0.05, 0) is 55.3 Å². The van der Waals surface area contributed by atoms with E-state index >= 15 is 0 Å². The van der Waals surface area contributed by atoms with E-state index in [0.717, 1.165) is 54.1 Å². The summed E-state index contributed by atoms with van der Waals surface area (Å²) in [6.07, 6.45) is 2.23. The molecule has 206 valence electrons. The molecule has 0 N–H and O–H groups in total. The van der Waals surface area contributed by atoms with Gasteiger partial charge in [-0.3, -0.25) is 9.59 Å². The number of anilines is 1. The lowest BCUT2D eigenvalue weighted by molar-refractivity contribution is -0.127. The van der Waals surface area contributed by atoms with Crippen molar-refractivity contribution in [3.8, 4) is 11.5 Å². The SMILES string of the molecule is COc1ccc(C(=O)N(CCCN2CCCC2=O)Cc2cc3ccc(OC)cc3nc2N2CCOCC2)cc1. The van der Waals surface area contributed by atoms with Crippen molar-refractivity contribution >= 4 is 28.5 Å². The van der Waals surface area contributed by atoms with Gasteiger partial charge in [-0.25, -0.2) is 4.98 Å². The summed E-state index contributed by atoms with van der Waals surface area (Å²) in [6, 6.07) is 15.2. The molecule has 9 heteroatoms. The Kier molecular flexibility index (Phi) is 8.46. The van der Waals surface area contributed by atoms with E-state index in [1.165, 1.54) is 0 Å². The summed E-state index contributed by atoms with van der Waals surface area (Å²) in [5.41, 5.74) is 2.42. The third-order valence-corrected chi connectivity index (χ3v) is 7.40. The van der Waals surface area contributed by atoms with Crippen LogP contribution in [0.3, 0.4) is 0 Å². The first-order valence-corrected chi connectivity index (χ1v) is 13.6. The molecule has 9 nitrogen and oxygen atoms in total. The van der Waals surface area contributed by atoms with Gasteiger partial charge in [0.15, 0.2) is 0 Å². The zero-order valence-corrected chi connectivity index (χ0v) is 22.7. The second-order valence-corrected chi connectivity index (χ2v) is 9.92. The van der Waals surface area contributed by atoms with Crippen LogP contribution in [-0.2, 0) is 16.1 Å². The predicted octanol–water partition coefficient (Wildman–Crippen LogP) is 3.74. The maximum Gasteiger partial charge on any atom is 0.254 e. The summed E-state index contributed by atoms with van der Waals surface area (Å²) in [5.74, 6) is 2.46. The number of nitrogens with zero attached hydrogens (tertiary/aromatic N) is 4. The number of rotatable bonds is 10. The van der Waals surface area contributed by atoms with Crippen molar-refractivity contribution in [1.29, 1.82) is 0 Å². The number of hydrogen-bond acceptors (Lipinski definition) is 7. The van der Waals surface area contributed by atoms with E-state index in [4.69, 9.17) is 19.2 Å². The molecule has 5 rings (SSSR count). The summed E-state index contributed by atoms with van der Waals surface area (Å²) in [6.45, 7) is 5.11. The Labute approximate surface area is 229 Å². The molecule has 1 aromatic heterocycles. The smallest absolute Gasteiger partial charge is 0.254 e. The van der Waals surface area contributed by atoms with Gasteiger partial charge >= 0.3 is 0 Å². The lowest BCUT2D eigenvalue weighted by Crippen LogP contribution is -2.39. The lowest BCUT2D eigenvalue weighted by atomic mass is 10.1. The average molecular weight is 533 g/mol. The summed E-state index contributed by atoms with van der Waals surface area (Å²) in [7, 11) is 3.26. The van der Waals surface area contributed by atoms with E-state index in [1.807, 2.05) is 28.0 Å². The van der Waals surface area contributed by atoms with Gasteiger partial charge in [-0.15, -0.1) is 0 Å². The molecule has 3 heterocycles. The van der Waals surface area contributed by atoms with E-state index in [2.05, 4.69) is 11.0 Å². The minimum Gasteiger partial charge on any atom is -0.497 e. The summed E-state index contributed by atoms with van der Waals surface area (Å²) in [4.78, 5) is 37.0. The minimum absolute atomic E-state index is 0.0619. The third kappa shape index (κ3) is 6.25. The number of ether oxygens (including phenoxy) is 3. The van der Waals surface area contributed by atoms with Crippen LogP contribution in [0.2, 0.25) is 0 Å². The molecule has 3 aromatic rings. The van der Waals surface area contributed by atoms with E-state index in [0.29, 0.717) is 57.0 Å². The van der Waals surface area contributed by atoms with Crippen molar-refractivity contribution in [2.45, 2.75) is 25.8 Å². The Bertz CT molecular complexity index is 1310. The molecule has 0 spiro atoms. The molecule has 2 aliphatic rings. The number of carbonyl (C=O) groups is 2. The van der Waals surface area contributed by atoms with Crippen molar-refractivity contribution in [3.63, 3.8) is 0 Å². The van der Waals surface area contributed by atoms with Gasteiger partial charge in [0.05, 0.1) is 33.0 Å². The molecule has 2 aromatic carbocycles. The van der Waals surface area contributed by atoms with Gasteiger partial charge < -0.3 is 28.9 Å². The first-order chi connectivity index (χ1) is 19.1. The van der Waals surface area contributed by atoms with Crippen molar-refractivity contribution < 1.29 is 23.8 Å². The zero-order valence-electron chi connectivity index (χ0n) is 22.7. The molecule has 0 bridgehead atoms. The highest BCUT2D eigenvalue weighted by atomic mass is 16.5. The van der Waals surface area contributed by atoms with Gasteiger partial charge in [0.1, 0.15) is 17.3 Å². The number of methoxy groups -OCH3 is 2. The quantitative estimate of drug-likeness (QED) is 0.393. The van der Waals surface area contributed by atoms with Crippen molar-refractivity contribution in [1.82, 2.24) is 14.8 Å². The van der Waals surface area contributed by atoms with Crippen LogP contribution in [-0.4, -0.2) is 86.8 Å². The summed E-state index contributed by atoms with van der Waals surface area (Å²) < 4.78 is 16.3. The molecule has 2 aliphatic heterocycles. The van der Waals surface area contributed by atoms with Crippen LogP contribution in [0.25, 0.3) is 10.9 Å². The molecule has 2 saturated heterocycles. The van der Waals surface area contributed by atoms with Crippen molar-refractivity contribution in [3.05, 3.63) is 59.7 Å².